The lowest BCUT2D eigenvalue weighted by Crippen LogP contribution is -2.15. The Kier molecular flexibility index (Phi) is 3.46. The van der Waals surface area contributed by atoms with Crippen LogP contribution in [0.15, 0.2) is 18.3 Å². The van der Waals surface area contributed by atoms with Crippen LogP contribution in [-0.2, 0) is 9.47 Å². The van der Waals surface area contributed by atoms with Gasteiger partial charge in [0.2, 0.25) is 5.95 Å². The van der Waals surface area contributed by atoms with Gasteiger partial charge in [0.05, 0.1) is 13.2 Å². The number of aromatic nitrogens is 1. The summed E-state index contributed by atoms with van der Waals surface area (Å²) in [6.07, 6.45) is 2.17. The lowest BCUT2D eigenvalue weighted by Gasteiger charge is -2.08. The van der Waals surface area contributed by atoms with Crippen molar-refractivity contribution in [3.8, 4) is 0 Å². The Bertz CT molecular complexity index is 377. The van der Waals surface area contributed by atoms with Gasteiger partial charge in [0.25, 0.3) is 0 Å². The standard InChI is InChI=1S/C11H12FNO3/c12-10-9(2-1-4-13-10)11(14)16-7-8-3-5-15-6-8/h1-2,4,8H,3,5-7H2. The van der Waals surface area contributed by atoms with Crippen LogP contribution in [0.5, 0.6) is 0 Å². The van der Waals surface area contributed by atoms with Gasteiger partial charge in [-0.15, -0.1) is 0 Å². The molecule has 0 N–H and O–H groups in total. The second kappa shape index (κ2) is 5.03. The molecule has 1 aromatic heterocycles. The molecule has 4 nitrogen and oxygen atoms in total. The summed E-state index contributed by atoms with van der Waals surface area (Å²) < 4.78 is 23.2. The molecule has 1 unspecified atom stereocenters. The highest BCUT2D eigenvalue weighted by Crippen LogP contribution is 2.13. The Balaban J connectivity index is 1.90. The fraction of sp³-hybridized carbons (Fsp3) is 0.455. The summed E-state index contributed by atoms with van der Waals surface area (Å²) in [6, 6.07) is 2.86. The number of hydrogen-bond donors (Lipinski definition) is 0. The maximum absolute atomic E-state index is 13.1. The molecule has 1 atom stereocenters. The molecule has 86 valence electrons. The van der Waals surface area contributed by atoms with E-state index in [1.807, 2.05) is 0 Å². The van der Waals surface area contributed by atoms with Crippen molar-refractivity contribution >= 4 is 5.97 Å². The third kappa shape index (κ3) is 2.55. The molecule has 16 heavy (non-hydrogen) atoms. The SMILES string of the molecule is O=C(OCC1CCOC1)c1cccnc1F. The zero-order valence-electron chi connectivity index (χ0n) is 8.69. The monoisotopic (exact) mass is 225 g/mol. The number of carbonyl (C=O) groups excluding carboxylic acids is 1. The first-order valence-electron chi connectivity index (χ1n) is 5.13. The van der Waals surface area contributed by atoms with Gasteiger partial charge >= 0.3 is 5.97 Å². The third-order valence-electron chi connectivity index (χ3n) is 2.45. The maximum atomic E-state index is 13.1. The van der Waals surface area contributed by atoms with Crippen molar-refractivity contribution in [3.63, 3.8) is 0 Å². The number of halogens is 1. The summed E-state index contributed by atoms with van der Waals surface area (Å²) in [5.74, 6) is -1.24. The molecule has 2 rings (SSSR count). The van der Waals surface area contributed by atoms with E-state index in [1.54, 1.807) is 0 Å². The predicted molar refractivity (Wildman–Crippen MR) is 53.4 cm³/mol. The Morgan fingerprint density at radius 1 is 1.69 bits per heavy atom. The maximum Gasteiger partial charge on any atom is 0.342 e. The largest absolute Gasteiger partial charge is 0.462 e. The van der Waals surface area contributed by atoms with Crippen molar-refractivity contribution in [1.82, 2.24) is 4.98 Å². The second-order valence-electron chi connectivity index (χ2n) is 3.67. The van der Waals surface area contributed by atoms with Gasteiger partial charge < -0.3 is 9.47 Å². The zero-order valence-corrected chi connectivity index (χ0v) is 8.69. The van der Waals surface area contributed by atoms with E-state index in [0.29, 0.717) is 13.2 Å². The first-order valence-corrected chi connectivity index (χ1v) is 5.13. The van der Waals surface area contributed by atoms with Gasteiger partial charge in [0.15, 0.2) is 0 Å². The van der Waals surface area contributed by atoms with Crippen molar-refractivity contribution in [2.45, 2.75) is 6.42 Å². The molecule has 1 fully saturated rings. The van der Waals surface area contributed by atoms with Crippen LogP contribution in [0, 0.1) is 11.9 Å². The van der Waals surface area contributed by atoms with Crippen LogP contribution >= 0.6 is 0 Å². The van der Waals surface area contributed by atoms with Gasteiger partial charge in [-0.2, -0.15) is 4.39 Å². The van der Waals surface area contributed by atoms with Crippen molar-refractivity contribution in [2.24, 2.45) is 5.92 Å². The van der Waals surface area contributed by atoms with Crippen LogP contribution < -0.4 is 0 Å². The van der Waals surface area contributed by atoms with Crippen LogP contribution in [0.3, 0.4) is 0 Å². The van der Waals surface area contributed by atoms with Crippen molar-refractivity contribution in [2.75, 3.05) is 19.8 Å². The molecule has 0 radical (unpaired) electrons. The van der Waals surface area contributed by atoms with Crippen LogP contribution in [-0.4, -0.2) is 30.8 Å². The number of ether oxygens (including phenoxy) is 2. The van der Waals surface area contributed by atoms with Crippen LogP contribution in [0.2, 0.25) is 0 Å². The lowest BCUT2D eigenvalue weighted by molar-refractivity contribution is 0.0422. The molecule has 1 saturated heterocycles. The van der Waals surface area contributed by atoms with E-state index in [-0.39, 0.29) is 18.1 Å². The van der Waals surface area contributed by atoms with Gasteiger partial charge in [-0.1, -0.05) is 0 Å². The van der Waals surface area contributed by atoms with E-state index >= 15 is 0 Å². The number of esters is 1. The molecule has 0 spiro atoms. The minimum absolute atomic E-state index is 0.124. The molecule has 1 aromatic rings. The minimum atomic E-state index is -0.796. The molecule has 0 aromatic carbocycles. The fourth-order valence-corrected chi connectivity index (χ4v) is 1.52. The molecule has 5 heteroatoms. The molecule has 0 amide bonds. The van der Waals surface area contributed by atoms with Crippen LogP contribution in [0.1, 0.15) is 16.8 Å². The fourth-order valence-electron chi connectivity index (χ4n) is 1.52. The van der Waals surface area contributed by atoms with Crippen LogP contribution in [0.25, 0.3) is 0 Å². The summed E-state index contributed by atoms with van der Waals surface area (Å²) in [7, 11) is 0. The van der Waals surface area contributed by atoms with E-state index in [1.165, 1.54) is 18.3 Å². The number of pyridine rings is 1. The van der Waals surface area contributed by atoms with E-state index in [0.717, 1.165) is 6.42 Å². The molecule has 1 aliphatic heterocycles. The smallest absolute Gasteiger partial charge is 0.342 e. The molecular weight excluding hydrogens is 213 g/mol. The first kappa shape index (κ1) is 11.0. The number of nitrogens with zero attached hydrogens (tertiary/aromatic N) is 1. The minimum Gasteiger partial charge on any atom is -0.462 e. The summed E-state index contributed by atoms with van der Waals surface area (Å²) >= 11 is 0. The quantitative estimate of drug-likeness (QED) is 0.576. The number of hydrogen-bond acceptors (Lipinski definition) is 4. The van der Waals surface area contributed by atoms with Gasteiger partial charge in [-0.05, 0) is 18.6 Å². The highest BCUT2D eigenvalue weighted by molar-refractivity contribution is 5.89. The van der Waals surface area contributed by atoms with Gasteiger partial charge in [0, 0.05) is 18.7 Å². The third-order valence-corrected chi connectivity index (χ3v) is 2.45. The van der Waals surface area contributed by atoms with E-state index in [2.05, 4.69) is 4.98 Å². The second-order valence-corrected chi connectivity index (χ2v) is 3.67. The molecule has 0 saturated carbocycles. The summed E-state index contributed by atoms with van der Waals surface area (Å²) in [5.41, 5.74) is -0.124. The zero-order chi connectivity index (χ0) is 11.4. The lowest BCUT2D eigenvalue weighted by atomic mass is 10.1. The Morgan fingerprint density at radius 3 is 3.25 bits per heavy atom. The van der Waals surface area contributed by atoms with Gasteiger partial charge in [0.1, 0.15) is 5.56 Å². The normalized spacial score (nSPS) is 19.7. The van der Waals surface area contributed by atoms with Crippen molar-refractivity contribution < 1.29 is 18.7 Å². The van der Waals surface area contributed by atoms with Crippen LogP contribution in [0.4, 0.5) is 4.39 Å². The van der Waals surface area contributed by atoms with E-state index in [4.69, 9.17) is 9.47 Å². The average Bonchev–Trinajstić information content (AvgIpc) is 2.79. The predicted octanol–water partition coefficient (Wildman–Crippen LogP) is 1.41. The Labute approximate surface area is 92.4 Å². The topological polar surface area (TPSA) is 48.4 Å². The summed E-state index contributed by atoms with van der Waals surface area (Å²) in [4.78, 5) is 14.9. The Hall–Kier alpha value is -1.49. The Morgan fingerprint density at radius 2 is 2.56 bits per heavy atom. The van der Waals surface area contributed by atoms with E-state index in [9.17, 15) is 9.18 Å². The number of carbonyl (C=O) groups is 1. The highest BCUT2D eigenvalue weighted by Gasteiger charge is 2.19. The summed E-state index contributed by atoms with van der Waals surface area (Å²) in [6.45, 7) is 1.57. The van der Waals surface area contributed by atoms with Crippen molar-refractivity contribution in [1.29, 1.82) is 0 Å². The first-order chi connectivity index (χ1) is 7.77. The number of rotatable bonds is 3. The molecule has 0 aliphatic carbocycles. The van der Waals surface area contributed by atoms with E-state index < -0.39 is 11.9 Å². The van der Waals surface area contributed by atoms with Crippen molar-refractivity contribution in [3.05, 3.63) is 29.8 Å². The van der Waals surface area contributed by atoms with Gasteiger partial charge in [-0.25, -0.2) is 9.78 Å². The molecule has 0 bridgehead atoms. The summed E-state index contributed by atoms with van der Waals surface area (Å²) in [5, 5.41) is 0. The van der Waals surface area contributed by atoms with Gasteiger partial charge in [-0.3, -0.25) is 0 Å². The molecular formula is C11H12FNO3. The average molecular weight is 225 g/mol. The molecule has 1 aliphatic rings. The highest BCUT2D eigenvalue weighted by atomic mass is 19.1. The molecule has 2 heterocycles.